The van der Waals surface area contributed by atoms with Crippen LogP contribution in [0.25, 0.3) is 22.3 Å². The molecule has 1 aromatic carbocycles. The Balaban J connectivity index is 1.34. The average Bonchev–Trinajstić information content (AvgIpc) is 2.95. The van der Waals surface area contributed by atoms with Gasteiger partial charge in [0, 0.05) is 30.2 Å². The molecule has 0 radical (unpaired) electrons. The fourth-order valence-corrected chi connectivity index (χ4v) is 5.82. The third-order valence-corrected chi connectivity index (χ3v) is 8.31. The highest BCUT2D eigenvalue weighted by atomic mass is 32.2. The minimum Gasteiger partial charge on any atom is -0.372 e. The molecule has 4 aromatic rings. The Morgan fingerprint density at radius 2 is 1.78 bits per heavy atom. The van der Waals surface area contributed by atoms with Gasteiger partial charge < -0.3 is 15.0 Å². The second-order valence-corrected chi connectivity index (χ2v) is 12.0. The number of nitrogens with zero attached hydrogens (tertiary/aromatic N) is 4. The fraction of sp³-hybridized carbons (Fsp3) is 0.310. The summed E-state index contributed by atoms with van der Waals surface area (Å²) in [4.78, 5) is 28.4. The van der Waals surface area contributed by atoms with Gasteiger partial charge in [-0.15, -0.1) is 0 Å². The zero-order valence-corrected chi connectivity index (χ0v) is 23.5. The van der Waals surface area contributed by atoms with Crippen LogP contribution in [0.1, 0.15) is 35.5 Å². The lowest BCUT2D eigenvalue weighted by atomic mass is 10.1. The largest absolute Gasteiger partial charge is 0.372 e. The van der Waals surface area contributed by atoms with Gasteiger partial charge >= 0.3 is 5.76 Å². The van der Waals surface area contributed by atoms with Crippen LogP contribution in [0, 0.1) is 6.92 Å². The number of carbonyl (C=O) groups is 1. The van der Waals surface area contributed by atoms with Gasteiger partial charge in [-0.1, -0.05) is 12.1 Å². The van der Waals surface area contributed by atoms with Crippen molar-refractivity contribution in [3.63, 3.8) is 0 Å². The number of pyridine rings is 3. The summed E-state index contributed by atoms with van der Waals surface area (Å²) in [6, 6.07) is 15.0. The summed E-state index contributed by atoms with van der Waals surface area (Å²) in [5, 5.41) is 3.47. The molecule has 2 atom stereocenters. The van der Waals surface area contributed by atoms with E-state index in [9.17, 15) is 22.0 Å². The van der Waals surface area contributed by atoms with Crippen molar-refractivity contribution in [1.82, 2.24) is 20.3 Å². The van der Waals surface area contributed by atoms with Gasteiger partial charge in [0.1, 0.15) is 5.82 Å². The third kappa shape index (κ3) is 6.18. The number of anilines is 1. The maximum Gasteiger partial charge on any atom is 0.341 e. The van der Waals surface area contributed by atoms with Crippen molar-refractivity contribution in [2.24, 2.45) is 0 Å². The molecule has 3 aromatic heterocycles. The highest BCUT2D eigenvalue weighted by molar-refractivity contribution is 7.91. The smallest absolute Gasteiger partial charge is 0.341 e. The molecule has 0 saturated carbocycles. The number of fused-ring (bicyclic) bond motifs is 1. The van der Waals surface area contributed by atoms with Gasteiger partial charge in [0.2, 0.25) is 9.84 Å². The highest BCUT2D eigenvalue weighted by Crippen LogP contribution is 2.25. The number of benzene rings is 1. The van der Waals surface area contributed by atoms with E-state index in [4.69, 9.17) is 14.7 Å². The Morgan fingerprint density at radius 3 is 2.51 bits per heavy atom. The van der Waals surface area contributed by atoms with Crippen molar-refractivity contribution in [3.05, 3.63) is 77.6 Å². The molecular formula is C29H29F2N5O4S. The number of rotatable bonds is 7. The van der Waals surface area contributed by atoms with E-state index in [0.717, 1.165) is 36.1 Å². The van der Waals surface area contributed by atoms with Crippen LogP contribution in [0.4, 0.5) is 14.6 Å². The van der Waals surface area contributed by atoms with Gasteiger partial charge in [0.05, 0.1) is 46.2 Å². The molecule has 1 fully saturated rings. The Labute approximate surface area is 236 Å². The summed E-state index contributed by atoms with van der Waals surface area (Å²) in [7, 11) is -4.84. The molecule has 12 heteroatoms. The molecule has 214 valence electrons. The summed E-state index contributed by atoms with van der Waals surface area (Å²) in [5.74, 6) is -3.35. The second-order valence-electron chi connectivity index (χ2n) is 10.1. The number of halogens is 2. The maximum absolute atomic E-state index is 13.1. The van der Waals surface area contributed by atoms with Crippen molar-refractivity contribution in [3.8, 4) is 11.4 Å². The summed E-state index contributed by atoms with van der Waals surface area (Å²) < 4.78 is 55.9. The first-order valence-electron chi connectivity index (χ1n) is 13.1. The lowest BCUT2D eigenvalue weighted by Gasteiger charge is -2.36. The molecule has 0 aliphatic carbocycles. The number of carbonyl (C=O) groups excluding carboxylic acids is 1. The van der Waals surface area contributed by atoms with E-state index in [2.05, 4.69) is 15.2 Å². The maximum atomic E-state index is 13.1. The third-order valence-electron chi connectivity index (χ3n) is 6.79. The molecule has 1 aliphatic rings. The van der Waals surface area contributed by atoms with Crippen LogP contribution in [-0.4, -0.2) is 60.3 Å². The van der Waals surface area contributed by atoms with Crippen molar-refractivity contribution in [1.29, 1.82) is 0 Å². The fourth-order valence-electron chi connectivity index (χ4n) is 4.82. The molecule has 1 N–H and O–H groups in total. The van der Waals surface area contributed by atoms with E-state index in [1.54, 1.807) is 12.3 Å². The molecule has 0 spiro atoms. The van der Waals surface area contributed by atoms with Crippen LogP contribution in [0.2, 0.25) is 0 Å². The summed E-state index contributed by atoms with van der Waals surface area (Å²) in [5.41, 5.74) is 2.66. The van der Waals surface area contributed by atoms with E-state index in [0.29, 0.717) is 16.9 Å². The van der Waals surface area contributed by atoms with Crippen LogP contribution in [0.5, 0.6) is 0 Å². The van der Waals surface area contributed by atoms with Crippen LogP contribution < -0.4 is 10.2 Å². The molecule has 0 bridgehead atoms. The normalized spacial score (nSPS) is 17.7. The van der Waals surface area contributed by atoms with Crippen LogP contribution in [0.15, 0.2) is 65.7 Å². The van der Waals surface area contributed by atoms with Gasteiger partial charge in [0.15, 0.2) is 0 Å². The zero-order chi connectivity index (χ0) is 29.3. The average molecular weight is 582 g/mol. The highest BCUT2D eigenvalue weighted by Gasteiger charge is 2.29. The summed E-state index contributed by atoms with van der Waals surface area (Å²) in [6.07, 6.45) is 1.86. The van der Waals surface area contributed by atoms with E-state index in [1.807, 2.05) is 44.2 Å². The van der Waals surface area contributed by atoms with Gasteiger partial charge in [-0.2, -0.15) is 8.78 Å². The van der Waals surface area contributed by atoms with Crippen molar-refractivity contribution >= 4 is 32.5 Å². The predicted molar refractivity (Wildman–Crippen MR) is 151 cm³/mol. The Kier molecular flexibility index (Phi) is 7.96. The number of ether oxygens (including phenoxy) is 1. The van der Waals surface area contributed by atoms with E-state index >= 15 is 0 Å². The van der Waals surface area contributed by atoms with Crippen molar-refractivity contribution < 1.29 is 26.7 Å². The number of amides is 1. The molecule has 1 saturated heterocycles. The quantitative estimate of drug-likeness (QED) is 0.338. The Bertz CT molecular complexity index is 1710. The number of hydrogen-bond acceptors (Lipinski definition) is 8. The number of nitrogens with one attached hydrogen (secondary N) is 1. The zero-order valence-electron chi connectivity index (χ0n) is 22.7. The molecule has 1 amide bonds. The summed E-state index contributed by atoms with van der Waals surface area (Å²) >= 11 is 0. The first-order chi connectivity index (χ1) is 19.5. The van der Waals surface area contributed by atoms with Gasteiger partial charge in [0.25, 0.3) is 5.91 Å². The Hall–Kier alpha value is -4.03. The first-order valence-corrected chi connectivity index (χ1v) is 14.6. The number of sulfone groups is 1. The number of aromatic nitrogens is 3. The molecule has 0 unspecified atom stereocenters. The molecule has 9 nitrogen and oxygen atoms in total. The predicted octanol–water partition coefficient (Wildman–Crippen LogP) is 4.54. The molecule has 41 heavy (non-hydrogen) atoms. The van der Waals surface area contributed by atoms with Gasteiger partial charge in [-0.25, -0.2) is 18.4 Å². The van der Waals surface area contributed by atoms with Crippen LogP contribution >= 0.6 is 0 Å². The number of morpholine rings is 1. The Morgan fingerprint density at radius 1 is 1.05 bits per heavy atom. The SMILES string of the molecule is Cc1ccc(C(=O)NCc2cc3nc(-c4cccc(N5C[C@@H](C)O[C@@H](C)C5)n4)ccc3cn2)cc1S(=O)(=O)C(F)F. The van der Waals surface area contributed by atoms with E-state index < -0.39 is 26.4 Å². The standard InChI is InChI=1S/C29H29F2N5O4S/c1-17-7-8-20(11-26(17)41(38,39)29(30)31)28(37)33-14-22-12-25-21(13-32-22)9-10-24(34-25)23-5-4-6-27(35-23)36-15-18(2)40-19(3)16-36/h4-13,18-19,29H,14-16H2,1-3H3,(H,33,37)/t18-,19+. The molecule has 4 heterocycles. The lowest BCUT2D eigenvalue weighted by molar-refractivity contribution is -0.00545. The lowest BCUT2D eigenvalue weighted by Crippen LogP contribution is -2.45. The van der Waals surface area contributed by atoms with Crippen LogP contribution in [-0.2, 0) is 21.1 Å². The number of aryl methyl sites for hydroxylation is 1. The number of alkyl halides is 2. The molecule has 5 rings (SSSR count). The van der Waals surface area contributed by atoms with E-state index in [-0.39, 0.29) is 29.9 Å². The van der Waals surface area contributed by atoms with E-state index in [1.165, 1.54) is 19.1 Å². The topological polar surface area (TPSA) is 114 Å². The molecular weight excluding hydrogens is 552 g/mol. The van der Waals surface area contributed by atoms with Gasteiger partial charge in [-0.05, 0) is 68.8 Å². The number of hydrogen-bond donors (Lipinski definition) is 1. The minimum absolute atomic E-state index is 0.0205. The molecule has 1 aliphatic heterocycles. The summed E-state index contributed by atoms with van der Waals surface area (Å²) in [6.45, 7) is 7.00. The van der Waals surface area contributed by atoms with Crippen molar-refractivity contribution in [2.75, 3.05) is 18.0 Å². The second kappa shape index (κ2) is 11.5. The van der Waals surface area contributed by atoms with Gasteiger partial charge in [-0.3, -0.25) is 9.78 Å². The monoisotopic (exact) mass is 581 g/mol. The van der Waals surface area contributed by atoms with Crippen LogP contribution in [0.3, 0.4) is 0 Å². The first kappa shape index (κ1) is 28.5. The minimum atomic E-state index is -4.84. The van der Waals surface area contributed by atoms with Crippen molar-refractivity contribution in [2.45, 2.75) is 50.2 Å².